The standard InChI is InChI=1S/C23H18F4N2O4/c1-12-5-7-13(8-6-12)20(30)18-19(28-21(31)29-22(18,32)23(25,26)27)17-10-9-16(33-17)14-3-2-4-15(24)11-14/h2-11,18-19,32H,1H3,(H2,28,29,31)/t18-,19+,22-/m1/s1. The van der Waals surface area contributed by atoms with Crippen molar-refractivity contribution in [2.45, 2.75) is 24.9 Å². The van der Waals surface area contributed by atoms with Gasteiger partial charge in [-0.15, -0.1) is 0 Å². The van der Waals surface area contributed by atoms with Gasteiger partial charge in [0.05, 0.1) is 0 Å². The van der Waals surface area contributed by atoms with Gasteiger partial charge in [0.25, 0.3) is 0 Å². The van der Waals surface area contributed by atoms with Crippen molar-refractivity contribution in [3.63, 3.8) is 0 Å². The fourth-order valence-electron chi connectivity index (χ4n) is 3.79. The third kappa shape index (κ3) is 4.09. The van der Waals surface area contributed by atoms with Gasteiger partial charge in [-0.2, -0.15) is 13.2 Å². The van der Waals surface area contributed by atoms with E-state index in [0.717, 1.165) is 11.6 Å². The van der Waals surface area contributed by atoms with Crippen molar-refractivity contribution >= 4 is 11.8 Å². The molecule has 3 N–H and O–H groups in total. The number of aliphatic hydroxyl groups is 1. The molecule has 0 spiro atoms. The van der Waals surface area contributed by atoms with Gasteiger partial charge in [-0.3, -0.25) is 4.79 Å². The van der Waals surface area contributed by atoms with Crippen molar-refractivity contribution in [1.29, 1.82) is 0 Å². The number of urea groups is 1. The van der Waals surface area contributed by atoms with Crippen LogP contribution >= 0.6 is 0 Å². The van der Waals surface area contributed by atoms with Crippen LogP contribution in [-0.2, 0) is 0 Å². The number of rotatable bonds is 4. The lowest BCUT2D eigenvalue weighted by Gasteiger charge is -2.44. The van der Waals surface area contributed by atoms with Crippen LogP contribution in [0.3, 0.4) is 0 Å². The number of hydrogen-bond acceptors (Lipinski definition) is 4. The molecular formula is C23H18F4N2O4. The summed E-state index contributed by atoms with van der Waals surface area (Å²) < 4.78 is 61.1. The molecule has 2 aromatic carbocycles. The number of ketones is 1. The number of hydrogen-bond donors (Lipinski definition) is 3. The molecule has 0 radical (unpaired) electrons. The molecule has 3 atom stereocenters. The summed E-state index contributed by atoms with van der Waals surface area (Å²) in [5.41, 5.74) is -2.88. The predicted molar refractivity (Wildman–Crippen MR) is 109 cm³/mol. The highest BCUT2D eigenvalue weighted by Crippen LogP contribution is 2.44. The molecule has 6 nitrogen and oxygen atoms in total. The minimum atomic E-state index is -5.38. The third-order valence-corrected chi connectivity index (χ3v) is 5.47. The molecule has 0 unspecified atom stereocenters. The minimum Gasteiger partial charge on any atom is -0.459 e. The predicted octanol–water partition coefficient (Wildman–Crippen LogP) is 4.50. The maximum absolute atomic E-state index is 14.0. The molecule has 33 heavy (non-hydrogen) atoms. The van der Waals surface area contributed by atoms with E-state index in [4.69, 9.17) is 4.42 Å². The van der Waals surface area contributed by atoms with Gasteiger partial charge in [-0.05, 0) is 31.2 Å². The van der Waals surface area contributed by atoms with Crippen LogP contribution < -0.4 is 10.6 Å². The fourth-order valence-corrected chi connectivity index (χ4v) is 3.79. The van der Waals surface area contributed by atoms with Gasteiger partial charge >= 0.3 is 12.2 Å². The van der Waals surface area contributed by atoms with Crippen LogP contribution in [0.5, 0.6) is 0 Å². The minimum absolute atomic E-state index is 0.0897. The highest BCUT2D eigenvalue weighted by Gasteiger charge is 2.66. The molecule has 1 aliphatic rings. The Balaban J connectivity index is 1.81. The molecule has 4 rings (SSSR count). The summed E-state index contributed by atoms with van der Waals surface area (Å²) in [4.78, 5) is 25.3. The first-order chi connectivity index (χ1) is 15.5. The zero-order chi connectivity index (χ0) is 24.0. The molecule has 2 amide bonds. The summed E-state index contributed by atoms with van der Waals surface area (Å²) in [5, 5.41) is 14.3. The van der Waals surface area contributed by atoms with Crippen LogP contribution in [0.2, 0.25) is 0 Å². The van der Waals surface area contributed by atoms with E-state index in [0.29, 0.717) is 5.56 Å². The molecule has 1 saturated heterocycles. The Labute approximate surface area is 185 Å². The van der Waals surface area contributed by atoms with Crippen molar-refractivity contribution in [3.8, 4) is 11.3 Å². The summed E-state index contributed by atoms with van der Waals surface area (Å²) in [6.45, 7) is 1.74. The largest absolute Gasteiger partial charge is 0.459 e. The summed E-state index contributed by atoms with van der Waals surface area (Å²) in [5.74, 6) is -3.94. The highest BCUT2D eigenvalue weighted by molar-refractivity contribution is 6.00. The maximum Gasteiger partial charge on any atom is 0.437 e. The second-order valence-corrected chi connectivity index (χ2v) is 7.76. The summed E-state index contributed by atoms with van der Waals surface area (Å²) in [6.07, 6.45) is -5.38. The lowest BCUT2D eigenvalue weighted by Crippen LogP contribution is -2.72. The molecule has 10 heteroatoms. The van der Waals surface area contributed by atoms with Gasteiger partial charge in [0.15, 0.2) is 5.78 Å². The average molecular weight is 462 g/mol. The van der Waals surface area contributed by atoms with Crippen LogP contribution in [0.25, 0.3) is 11.3 Å². The van der Waals surface area contributed by atoms with Gasteiger partial charge in [-0.1, -0.05) is 42.0 Å². The van der Waals surface area contributed by atoms with Crippen LogP contribution in [-0.4, -0.2) is 28.8 Å². The molecule has 1 aliphatic heterocycles. The van der Waals surface area contributed by atoms with Crippen LogP contribution in [0, 0.1) is 18.7 Å². The van der Waals surface area contributed by atoms with Crippen LogP contribution in [0.4, 0.5) is 22.4 Å². The highest BCUT2D eigenvalue weighted by atomic mass is 19.4. The van der Waals surface area contributed by atoms with Crippen molar-refractivity contribution < 1.29 is 36.7 Å². The van der Waals surface area contributed by atoms with Crippen molar-refractivity contribution in [1.82, 2.24) is 10.6 Å². The van der Waals surface area contributed by atoms with Crippen LogP contribution in [0.1, 0.15) is 27.7 Å². The molecule has 0 bridgehead atoms. The fraction of sp³-hybridized carbons (Fsp3) is 0.217. The van der Waals surface area contributed by atoms with E-state index in [2.05, 4.69) is 5.32 Å². The number of carbonyl (C=O) groups excluding carboxylic acids is 2. The molecular weight excluding hydrogens is 444 g/mol. The molecule has 1 aromatic heterocycles. The summed E-state index contributed by atoms with van der Waals surface area (Å²) >= 11 is 0. The molecule has 172 valence electrons. The van der Waals surface area contributed by atoms with Crippen molar-refractivity contribution in [2.75, 3.05) is 0 Å². The molecule has 2 heterocycles. The van der Waals surface area contributed by atoms with Gasteiger partial charge in [0.2, 0.25) is 5.72 Å². The number of halogens is 4. The normalized spacial score (nSPS) is 23.0. The Morgan fingerprint density at radius 1 is 1.09 bits per heavy atom. The van der Waals surface area contributed by atoms with E-state index < -0.39 is 41.5 Å². The first kappa shape index (κ1) is 22.5. The molecule has 0 saturated carbocycles. The Kier molecular flexibility index (Phi) is 5.49. The number of alkyl halides is 3. The number of amides is 2. The molecule has 0 aliphatic carbocycles. The number of aryl methyl sites for hydroxylation is 1. The monoisotopic (exact) mass is 462 g/mol. The first-order valence-electron chi connectivity index (χ1n) is 9.84. The summed E-state index contributed by atoms with van der Waals surface area (Å²) in [6, 6.07) is 10.7. The van der Waals surface area contributed by atoms with E-state index in [-0.39, 0.29) is 17.1 Å². The smallest absolute Gasteiger partial charge is 0.437 e. The van der Waals surface area contributed by atoms with Gasteiger partial charge < -0.3 is 20.2 Å². The Morgan fingerprint density at radius 2 is 1.79 bits per heavy atom. The number of benzene rings is 2. The van der Waals surface area contributed by atoms with E-state index in [1.165, 1.54) is 47.8 Å². The zero-order valence-corrected chi connectivity index (χ0v) is 17.1. The average Bonchev–Trinajstić information content (AvgIpc) is 3.23. The number of nitrogens with one attached hydrogen (secondary N) is 2. The Hall–Kier alpha value is -3.66. The Bertz CT molecular complexity index is 1210. The Morgan fingerprint density at radius 3 is 2.42 bits per heavy atom. The maximum atomic E-state index is 14.0. The lowest BCUT2D eigenvalue weighted by molar-refractivity contribution is -0.288. The third-order valence-electron chi connectivity index (χ3n) is 5.47. The number of carbonyl (C=O) groups is 2. The van der Waals surface area contributed by atoms with Crippen molar-refractivity contribution in [2.24, 2.45) is 5.92 Å². The lowest BCUT2D eigenvalue weighted by atomic mass is 9.79. The number of Topliss-reactive ketones (excluding diaryl/α,β-unsaturated/α-hetero) is 1. The topological polar surface area (TPSA) is 91.6 Å². The van der Waals surface area contributed by atoms with Crippen LogP contribution in [0.15, 0.2) is 65.1 Å². The summed E-state index contributed by atoms with van der Waals surface area (Å²) in [7, 11) is 0. The van der Waals surface area contributed by atoms with Gasteiger partial charge in [0, 0.05) is 11.1 Å². The second kappa shape index (κ2) is 8.04. The van der Waals surface area contributed by atoms with E-state index >= 15 is 0 Å². The van der Waals surface area contributed by atoms with E-state index in [1.807, 2.05) is 0 Å². The van der Waals surface area contributed by atoms with E-state index in [9.17, 15) is 32.3 Å². The van der Waals surface area contributed by atoms with Gasteiger partial charge in [0.1, 0.15) is 29.3 Å². The first-order valence-corrected chi connectivity index (χ1v) is 9.84. The second-order valence-electron chi connectivity index (χ2n) is 7.76. The van der Waals surface area contributed by atoms with E-state index in [1.54, 1.807) is 19.1 Å². The quantitative estimate of drug-likeness (QED) is 0.393. The van der Waals surface area contributed by atoms with Crippen molar-refractivity contribution in [3.05, 3.63) is 83.4 Å². The molecule has 1 fully saturated rings. The molecule has 3 aromatic rings. The zero-order valence-electron chi connectivity index (χ0n) is 17.1. The number of furan rings is 1. The van der Waals surface area contributed by atoms with Gasteiger partial charge in [-0.25, -0.2) is 9.18 Å². The SMILES string of the molecule is Cc1ccc(C(=O)[C@H]2[C@H](c3ccc(-c4cccc(F)c4)o3)NC(=O)N[C@]2(O)C(F)(F)F)cc1.